The molecule has 1 aromatic rings. The van der Waals surface area contributed by atoms with Crippen LogP contribution in [0.25, 0.3) is 0 Å². The summed E-state index contributed by atoms with van der Waals surface area (Å²) in [6.45, 7) is 3.97. The molecule has 0 aromatic heterocycles. The highest BCUT2D eigenvalue weighted by Gasteiger charge is 2.29. The zero-order valence-electron chi connectivity index (χ0n) is 10.6. The number of hydrogen-bond donors (Lipinski definition) is 1. The Balaban J connectivity index is 2.03. The van der Waals surface area contributed by atoms with Crippen molar-refractivity contribution in [1.82, 2.24) is 4.90 Å². The first-order valence-corrected chi connectivity index (χ1v) is 6.74. The number of nitrogens with zero attached hydrogens (tertiary/aromatic N) is 1. The first-order valence-electron chi connectivity index (χ1n) is 6.37. The Kier molecular flexibility index (Phi) is 4.25. The number of benzene rings is 1. The van der Waals surface area contributed by atoms with E-state index in [4.69, 9.17) is 17.3 Å². The summed E-state index contributed by atoms with van der Waals surface area (Å²) in [7, 11) is 0. The Bertz CT molecular complexity index is 436. The molecule has 1 aliphatic rings. The second kappa shape index (κ2) is 5.72. The highest BCUT2D eigenvalue weighted by molar-refractivity contribution is 6.30. The average molecular weight is 267 g/mol. The second-order valence-electron chi connectivity index (χ2n) is 5.01. The lowest BCUT2D eigenvalue weighted by atomic mass is 10.0. The van der Waals surface area contributed by atoms with Gasteiger partial charge in [-0.25, -0.2) is 0 Å². The van der Waals surface area contributed by atoms with Crippen molar-refractivity contribution in [2.45, 2.75) is 31.7 Å². The van der Waals surface area contributed by atoms with Gasteiger partial charge in [0, 0.05) is 11.6 Å². The molecule has 1 heterocycles. The molecule has 0 aliphatic carbocycles. The van der Waals surface area contributed by atoms with Crippen LogP contribution in [0.3, 0.4) is 0 Å². The van der Waals surface area contributed by atoms with Crippen LogP contribution in [-0.2, 0) is 4.79 Å². The van der Waals surface area contributed by atoms with Crippen LogP contribution >= 0.6 is 11.6 Å². The van der Waals surface area contributed by atoms with Gasteiger partial charge in [0.15, 0.2) is 0 Å². The molecule has 0 unspecified atom stereocenters. The van der Waals surface area contributed by atoms with Gasteiger partial charge in [0.1, 0.15) is 0 Å². The molecule has 3 nitrogen and oxygen atoms in total. The van der Waals surface area contributed by atoms with Crippen LogP contribution in [0.15, 0.2) is 24.3 Å². The lowest BCUT2D eigenvalue weighted by molar-refractivity contribution is -0.122. The van der Waals surface area contributed by atoms with Crippen molar-refractivity contribution in [2.75, 3.05) is 13.1 Å². The van der Waals surface area contributed by atoms with Crippen molar-refractivity contribution in [1.29, 1.82) is 0 Å². The van der Waals surface area contributed by atoms with Crippen LogP contribution in [0.4, 0.5) is 0 Å². The molecule has 0 bridgehead atoms. The maximum Gasteiger partial charge on any atom is 0.234 e. The molecule has 18 heavy (non-hydrogen) atoms. The monoisotopic (exact) mass is 266 g/mol. The fourth-order valence-electron chi connectivity index (χ4n) is 2.64. The minimum atomic E-state index is -0.203. The van der Waals surface area contributed by atoms with Crippen molar-refractivity contribution in [3.05, 3.63) is 34.9 Å². The Morgan fingerprint density at radius 2 is 2.39 bits per heavy atom. The summed E-state index contributed by atoms with van der Waals surface area (Å²) in [6.07, 6.45) is 1.94. The van der Waals surface area contributed by atoms with E-state index >= 15 is 0 Å². The topological polar surface area (TPSA) is 46.3 Å². The molecule has 98 valence electrons. The van der Waals surface area contributed by atoms with Gasteiger partial charge in [-0.1, -0.05) is 30.7 Å². The molecule has 1 aliphatic heterocycles. The third kappa shape index (κ3) is 3.03. The number of halogens is 1. The third-order valence-electron chi connectivity index (χ3n) is 3.62. The Morgan fingerprint density at radius 1 is 1.61 bits per heavy atom. The first kappa shape index (κ1) is 13.4. The van der Waals surface area contributed by atoms with Gasteiger partial charge in [0.05, 0.1) is 6.04 Å². The van der Waals surface area contributed by atoms with E-state index in [1.807, 2.05) is 18.2 Å². The average Bonchev–Trinajstić information content (AvgIpc) is 2.77. The van der Waals surface area contributed by atoms with Gasteiger partial charge in [-0.3, -0.25) is 9.69 Å². The number of amides is 1. The number of hydrogen-bond acceptors (Lipinski definition) is 2. The highest BCUT2D eigenvalue weighted by atomic mass is 35.5. The normalized spacial score (nSPS) is 22.0. The summed E-state index contributed by atoms with van der Waals surface area (Å²) in [6, 6.07) is 7.81. The van der Waals surface area contributed by atoms with E-state index in [1.54, 1.807) is 0 Å². The molecule has 0 radical (unpaired) electrons. The van der Waals surface area contributed by atoms with Gasteiger partial charge in [0.2, 0.25) is 5.91 Å². The molecule has 1 amide bonds. The predicted octanol–water partition coefficient (Wildman–Crippen LogP) is 2.39. The summed E-state index contributed by atoms with van der Waals surface area (Å²) < 4.78 is 0. The maximum atomic E-state index is 11.3. The Morgan fingerprint density at radius 3 is 3.06 bits per heavy atom. The van der Waals surface area contributed by atoms with E-state index in [-0.39, 0.29) is 11.9 Å². The van der Waals surface area contributed by atoms with Crippen LogP contribution in [-0.4, -0.2) is 29.9 Å². The fraction of sp³-hybridized carbons (Fsp3) is 0.500. The van der Waals surface area contributed by atoms with E-state index in [0.29, 0.717) is 5.92 Å². The van der Waals surface area contributed by atoms with Crippen LogP contribution < -0.4 is 5.73 Å². The largest absolute Gasteiger partial charge is 0.368 e. The molecule has 0 spiro atoms. The predicted molar refractivity (Wildman–Crippen MR) is 73.7 cm³/mol. The fourth-order valence-corrected chi connectivity index (χ4v) is 2.84. The van der Waals surface area contributed by atoms with E-state index in [2.05, 4.69) is 17.9 Å². The molecule has 4 heteroatoms. The van der Waals surface area contributed by atoms with Crippen LogP contribution in [0, 0.1) is 0 Å². The first-order chi connectivity index (χ1) is 8.58. The standard InChI is InChI=1S/C14H19ClN2O/c1-10(11-4-2-5-12(15)8-11)9-17-7-3-6-13(17)14(16)18/h2,4-5,8,10,13H,3,6-7,9H2,1H3,(H2,16,18)/t10-,13-/m0/s1. The minimum absolute atomic E-state index is 0.0911. The summed E-state index contributed by atoms with van der Waals surface area (Å²) in [5, 5.41) is 0.757. The molecule has 2 rings (SSSR count). The molecular weight excluding hydrogens is 248 g/mol. The zero-order chi connectivity index (χ0) is 13.1. The van der Waals surface area contributed by atoms with Crippen LogP contribution in [0.5, 0.6) is 0 Å². The maximum absolute atomic E-state index is 11.3. The van der Waals surface area contributed by atoms with Crippen molar-refractivity contribution in [2.24, 2.45) is 5.73 Å². The van der Waals surface area contributed by atoms with Crippen molar-refractivity contribution < 1.29 is 4.79 Å². The summed E-state index contributed by atoms with van der Waals surface area (Å²) >= 11 is 6.00. The lowest BCUT2D eigenvalue weighted by Gasteiger charge is -2.25. The number of rotatable bonds is 4. The number of primary amides is 1. The smallest absolute Gasteiger partial charge is 0.234 e. The molecule has 1 fully saturated rings. The van der Waals surface area contributed by atoms with Crippen molar-refractivity contribution >= 4 is 17.5 Å². The molecule has 0 saturated carbocycles. The van der Waals surface area contributed by atoms with Gasteiger partial charge in [-0.05, 0) is 43.0 Å². The van der Waals surface area contributed by atoms with Crippen molar-refractivity contribution in [3.8, 4) is 0 Å². The van der Waals surface area contributed by atoms with E-state index in [1.165, 1.54) is 5.56 Å². The van der Waals surface area contributed by atoms with Gasteiger partial charge in [0.25, 0.3) is 0 Å². The van der Waals surface area contributed by atoms with Crippen molar-refractivity contribution in [3.63, 3.8) is 0 Å². The summed E-state index contributed by atoms with van der Waals surface area (Å²) in [4.78, 5) is 13.5. The van der Waals surface area contributed by atoms with Gasteiger partial charge >= 0.3 is 0 Å². The second-order valence-corrected chi connectivity index (χ2v) is 5.45. The lowest BCUT2D eigenvalue weighted by Crippen LogP contribution is -2.41. The van der Waals surface area contributed by atoms with E-state index in [9.17, 15) is 4.79 Å². The quantitative estimate of drug-likeness (QED) is 0.910. The molecule has 2 N–H and O–H groups in total. The van der Waals surface area contributed by atoms with Gasteiger partial charge < -0.3 is 5.73 Å². The number of carbonyl (C=O) groups is 1. The highest BCUT2D eigenvalue weighted by Crippen LogP contribution is 2.24. The van der Waals surface area contributed by atoms with E-state index < -0.39 is 0 Å². The third-order valence-corrected chi connectivity index (χ3v) is 3.85. The summed E-state index contributed by atoms with van der Waals surface area (Å²) in [5.41, 5.74) is 6.63. The van der Waals surface area contributed by atoms with Crippen LogP contribution in [0.2, 0.25) is 5.02 Å². The molecule has 2 atom stereocenters. The SMILES string of the molecule is C[C@@H](CN1CCC[C@H]1C(N)=O)c1cccc(Cl)c1. The summed E-state index contributed by atoms with van der Waals surface area (Å²) in [5.74, 6) is 0.148. The van der Waals surface area contributed by atoms with Gasteiger partial charge in [-0.2, -0.15) is 0 Å². The molecule has 1 saturated heterocycles. The Hall–Kier alpha value is -1.06. The number of nitrogens with two attached hydrogens (primary N) is 1. The molecule has 1 aromatic carbocycles. The number of likely N-dealkylation sites (tertiary alicyclic amines) is 1. The van der Waals surface area contributed by atoms with E-state index in [0.717, 1.165) is 31.0 Å². The number of carbonyl (C=O) groups excluding carboxylic acids is 1. The Labute approximate surface area is 113 Å². The minimum Gasteiger partial charge on any atom is -0.368 e. The zero-order valence-corrected chi connectivity index (χ0v) is 11.4. The van der Waals surface area contributed by atoms with Gasteiger partial charge in [-0.15, -0.1) is 0 Å². The van der Waals surface area contributed by atoms with Crippen LogP contribution in [0.1, 0.15) is 31.2 Å². The molecular formula is C14H19ClN2O.